The van der Waals surface area contributed by atoms with Gasteiger partial charge in [0.25, 0.3) is 5.91 Å². The van der Waals surface area contributed by atoms with Gasteiger partial charge in [0.1, 0.15) is 11.8 Å². The summed E-state index contributed by atoms with van der Waals surface area (Å²) in [6, 6.07) is 6.54. The van der Waals surface area contributed by atoms with Crippen LogP contribution in [0.5, 0.6) is 0 Å². The van der Waals surface area contributed by atoms with Crippen LogP contribution >= 0.6 is 0 Å². The van der Waals surface area contributed by atoms with E-state index in [4.69, 9.17) is 4.52 Å². The van der Waals surface area contributed by atoms with Crippen molar-refractivity contribution in [3.63, 3.8) is 0 Å². The molecule has 1 saturated heterocycles. The molecule has 5 heteroatoms. The van der Waals surface area contributed by atoms with Crippen LogP contribution in [0, 0.1) is 13.8 Å². The first kappa shape index (κ1) is 15.2. The third-order valence-electron chi connectivity index (χ3n) is 5.06. The zero-order chi connectivity index (χ0) is 16.7. The van der Waals surface area contributed by atoms with E-state index in [1.165, 1.54) is 23.1 Å². The maximum absolute atomic E-state index is 12.8. The summed E-state index contributed by atoms with van der Waals surface area (Å²) in [6.07, 6.45) is 3.76. The summed E-state index contributed by atoms with van der Waals surface area (Å²) in [7, 11) is 0. The number of benzene rings is 1. The van der Waals surface area contributed by atoms with Crippen molar-refractivity contribution in [3.05, 3.63) is 46.8 Å². The Morgan fingerprint density at radius 1 is 1.17 bits per heavy atom. The number of carbonyl (C=O) groups excluding carboxylic acids is 1. The highest BCUT2D eigenvalue weighted by atomic mass is 16.5. The third kappa shape index (κ3) is 2.79. The summed E-state index contributed by atoms with van der Waals surface area (Å²) in [5.41, 5.74) is 5.36. The Morgan fingerprint density at radius 2 is 1.92 bits per heavy atom. The number of rotatable bonds is 3. The van der Waals surface area contributed by atoms with Crippen molar-refractivity contribution >= 4 is 11.6 Å². The van der Waals surface area contributed by atoms with E-state index in [2.05, 4.69) is 42.1 Å². The summed E-state index contributed by atoms with van der Waals surface area (Å²) in [4.78, 5) is 17.1. The Morgan fingerprint density at radius 3 is 2.62 bits per heavy atom. The number of piperazine rings is 1. The number of nitrogens with zero attached hydrogens (tertiary/aromatic N) is 3. The van der Waals surface area contributed by atoms with Crippen LogP contribution in [0.15, 0.2) is 29.0 Å². The van der Waals surface area contributed by atoms with E-state index in [0.717, 1.165) is 44.7 Å². The van der Waals surface area contributed by atoms with Gasteiger partial charge in [0, 0.05) is 37.8 Å². The number of amides is 1. The van der Waals surface area contributed by atoms with E-state index in [-0.39, 0.29) is 5.91 Å². The smallest absolute Gasteiger partial charge is 0.259 e. The van der Waals surface area contributed by atoms with E-state index in [0.29, 0.717) is 11.5 Å². The molecule has 1 aliphatic heterocycles. The molecule has 2 aliphatic rings. The Kier molecular flexibility index (Phi) is 3.79. The Bertz CT molecular complexity index is 756. The highest BCUT2D eigenvalue weighted by Gasteiger charge is 2.34. The van der Waals surface area contributed by atoms with Gasteiger partial charge in [-0.2, -0.15) is 0 Å². The molecule has 2 heterocycles. The molecule has 4 rings (SSSR count). The summed E-state index contributed by atoms with van der Waals surface area (Å²) < 4.78 is 5.07. The molecule has 5 nitrogen and oxygen atoms in total. The van der Waals surface area contributed by atoms with Crippen LogP contribution in [0.25, 0.3) is 0 Å². The number of aromatic nitrogens is 1. The van der Waals surface area contributed by atoms with Crippen molar-refractivity contribution in [3.8, 4) is 0 Å². The molecule has 2 aromatic rings. The van der Waals surface area contributed by atoms with Crippen molar-refractivity contribution in [2.75, 3.05) is 31.1 Å². The van der Waals surface area contributed by atoms with E-state index < -0.39 is 0 Å². The molecule has 126 valence electrons. The molecular weight excluding hydrogens is 302 g/mol. The van der Waals surface area contributed by atoms with Crippen molar-refractivity contribution in [2.45, 2.75) is 32.6 Å². The quantitative estimate of drug-likeness (QED) is 0.870. The molecule has 0 N–H and O–H groups in total. The number of hydrogen-bond donors (Lipinski definition) is 0. The van der Waals surface area contributed by atoms with Crippen LogP contribution in [0.3, 0.4) is 0 Å². The van der Waals surface area contributed by atoms with Gasteiger partial charge in [0.05, 0.1) is 5.69 Å². The van der Waals surface area contributed by atoms with Crippen LogP contribution < -0.4 is 4.90 Å². The molecule has 0 atom stereocenters. The minimum Gasteiger partial charge on any atom is -0.368 e. The molecule has 0 radical (unpaired) electrons. The maximum Gasteiger partial charge on any atom is 0.259 e. The molecule has 0 bridgehead atoms. The van der Waals surface area contributed by atoms with E-state index in [1.807, 2.05) is 4.90 Å². The predicted molar refractivity (Wildman–Crippen MR) is 92.5 cm³/mol. The van der Waals surface area contributed by atoms with Gasteiger partial charge in [0.2, 0.25) is 0 Å². The predicted octanol–water partition coefficient (Wildman–Crippen LogP) is 3.13. The van der Waals surface area contributed by atoms with Crippen molar-refractivity contribution < 1.29 is 9.32 Å². The molecule has 1 saturated carbocycles. The Hall–Kier alpha value is -2.30. The van der Waals surface area contributed by atoms with E-state index in [9.17, 15) is 4.79 Å². The van der Waals surface area contributed by atoms with Crippen LogP contribution in [0.4, 0.5) is 5.69 Å². The maximum atomic E-state index is 12.8. The Labute approximate surface area is 142 Å². The van der Waals surface area contributed by atoms with Crippen LogP contribution in [-0.2, 0) is 0 Å². The molecule has 1 aromatic heterocycles. The molecule has 1 amide bonds. The van der Waals surface area contributed by atoms with E-state index >= 15 is 0 Å². The normalized spacial score (nSPS) is 18.1. The first-order chi connectivity index (χ1) is 11.6. The molecule has 2 fully saturated rings. The van der Waals surface area contributed by atoms with Crippen molar-refractivity contribution in [1.29, 1.82) is 0 Å². The molecule has 0 unspecified atom stereocenters. The average Bonchev–Trinajstić information content (AvgIpc) is 3.33. The van der Waals surface area contributed by atoms with Gasteiger partial charge in [0.15, 0.2) is 0 Å². The second-order valence-electron chi connectivity index (χ2n) is 6.96. The molecule has 0 spiro atoms. The van der Waals surface area contributed by atoms with Gasteiger partial charge < -0.3 is 14.3 Å². The fourth-order valence-electron chi connectivity index (χ4n) is 3.44. The number of anilines is 1. The minimum atomic E-state index is 0.0683. The van der Waals surface area contributed by atoms with E-state index in [1.54, 1.807) is 0 Å². The first-order valence-electron chi connectivity index (χ1n) is 8.69. The zero-order valence-corrected chi connectivity index (χ0v) is 14.3. The third-order valence-corrected chi connectivity index (χ3v) is 5.06. The monoisotopic (exact) mass is 325 g/mol. The van der Waals surface area contributed by atoms with Gasteiger partial charge in [-0.05, 0) is 43.9 Å². The van der Waals surface area contributed by atoms with Crippen LogP contribution in [0.2, 0.25) is 0 Å². The largest absolute Gasteiger partial charge is 0.368 e. The average molecular weight is 325 g/mol. The fourth-order valence-corrected chi connectivity index (χ4v) is 3.44. The van der Waals surface area contributed by atoms with Gasteiger partial charge >= 0.3 is 0 Å². The van der Waals surface area contributed by atoms with Gasteiger partial charge in [-0.15, -0.1) is 0 Å². The van der Waals surface area contributed by atoms with Gasteiger partial charge in [-0.25, -0.2) is 0 Å². The summed E-state index contributed by atoms with van der Waals surface area (Å²) >= 11 is 0. The highest BCUT2D eigenvalue weighted by molar-refractivity contribution is 5.95. The first-order valence-corrected chi connectivity index (χ1v) is 8.69. The lowest BCUT2D eigenvalue weighted by Crippen LogP contribution is -2.49. The summed E-state index contributed by atoms with van der Waals surface area (Å²) in [5, 5.41) is 4.05. The van der Waals surface area contributed by atoms with Crippen LogP contribution in [0.1, 0.15) is 45.9 Å². The second-order valence-corrected chi connectivity index (χ2v) is 6.96. The lowest BCUT2D eigenvalue weighted by atomic mass is 10.1. The van der Waals surface area contributed by atoms with Crippen molar-refractivity contribution in [2.24, 2.45) is 0 Å². The molecule has 24 heavy (non-hydrogen) atoms. The fraction of sp³-hybridized carbons (Fsp3) is 0.474. The zero-order valence-electron chi connectivity index (χ0n) is 14.3. The number of aryl methyl sites for hydroxylation is 2. The van der Waals surface area contributed by atoms with Crippen LogP contribution in [-0.4, -0.2) is 42.1 Å². The lowest BCUT2D eigenvalue weighted by Gasteiger charge is -2.36. The Balaban J connectivity index is 1.45. The van der Waals surface area contributed by atoms with Gasteiger partial charge in [-0.1, -0.05) is 17.3 Å². The molecule has 1 aliphatic carbocycles. The topological polar surface area (TPSA) is 49.6 Å². The SMILES string of the molecule is Cc1ccc(C)c(N2CCN(C(=O)c3conc3C3CC3)CC2)c1. The number of hydrogen-bond acceptors (Lipinski definition) is 4. The minimum absolute atomic E-state index is 0.0683. The summed E-state index contributed by atoms with van der Waals surface area (Å²) in [6.45, 7) is 7.46. The molecular formula is C19H23N3O2. The lowest BCUT2D eigenvalue weighted by molar-refractivity contribution is 0.0745. The number of carbonyl (C=O) groups is 1. The second kappa shape index (κ2) is 5.96. The highest BCUT2D eigenvalue weighted by Crippen LogP contribution is 2.41. The molecule has 1 aromatic carbocycles. The standard InChI is InChI=1S/C19H23N3O2/c1-13-3-4-14(2)17(11-13)21-7-9-22(10-8-21)19(23)16-12-24-20-18(16)15-5-6-15/h3-4,11-12,15H,5-10H2,1-2H3. The van der Waals surface area contributed by atoms with Crippen molar-refractivity contribution in [1.82, 2.24) is 10.1 Å². The summed E-state index contributed by atoms with van der Waals surface area (Å²) in [5.74, 6) is 0.498. The van der Waals surface area contributed by atoms with Gasteiger partial charge in [-0.3, -0.25) is 4.79 Å².